The molecule has 0 saturated heterocycles. The lowest BCUT2D eigenvalue weighted by atomic mass is 10.0. The van der Waals surface area contributed by atoms with Gasteiger partial charge in [-0.25, -0.2) is 4.79 Å². The number of carbonyl (C=O) groups excluding carboxylic acids is 2. The lowest BCUT2D eigenvalue weighted by Crippen LogP contribution is -2.30. The molecule has 0 fully saturated rings. The molecule has 1 atom stereocenters. The maximum absolute atomic E-state index is 12.4. The van der Waals surface area contributed by atoms with Gasteiger partial charge in [-0.2, -0.15) is 0 Å². The van der Waals surface area contributed by atoms with Gasteiger partial charge < -0.3 is 19.5 Å². The largest absolute Gasteiger partial charge is 0.493 e. The first-order valence-electron chi connectivity index (χ1n) is 8.70. The summed E-state index contributed by atoms with van der Waals surface area (Å²) in [7, 11) is 2.92. The number of esters is 1. The predicted molar refractivity (Wildman–Crippen MR) is 104 cm³/mol. The van der Waals surface area contributed by atoms with Crippen molar-refractivity contribution in [1.29, 1.82) is 0 Å². The fourth-order valence-electron chi connectivity index (χ4n) is 2.52. The Morgan fingerprint density at radius 2 is 1.59 bits per heavy atom. The van der Waals surface area contributed by atoms with E-state index in [-0.39, 0.29) is 11.3 Å². The third-order valence-corrected chi connectivity index (χ3v) is 4.12. The van der Waals surface area contributed by atoms with Crippen molar-refractivity contribution in [3.8, 4) is 11.5 Å². The van der Waals surface area contributed by atoms with Crippen LogP contribution in [0.25, 0.3) is 0 Å². The van der Waals surface area contributed by atoms with Gasteiger partial charge in [0.2, 0.25) is 0 Å². The van der Waals surface area contributed by atoms with E-state index in [1.54, 1.807) is 18.2 Å². The molecular formula is C21H25NO5. The van der Waals surface area contributed by atoms with Gasteiger partial charge in [-0.1, -0.05) is 32.0 Å². The smallest absolute Gasteiger partial charge is 0.342 e. The Morgan fingerprint density at radius 1 is 0.926 bits per heavy atom. The molecule has 0 heterocycles. The molecular weight excluding hydrogens is 346 g/mol. The van der Waals surface area contributed by atoms with E-state index in [1.807, 2.05) is 24.3 Å². The van der Waals surface area contributed by atoms with E-state index in [2.05, 4.69) is 19.2 Å². The fourth-order valence-corrected chi connectivity index (χ4v) is 2.52. The number of methoxy groups -OCH3 is 2. The van der Waals surface area contributed by atoms with E-state index in [4.69, 9.17) is 14.2 Å². The summed E-state index contributed by atoms with van der Waals surface area (Å²) in [6.07, 6.45) is -0.974. The van der Waals surface area contributed by atoms with Gasteiger partial charge in [0.15, 0.2) is 17.6 Å². The van der Waals surface area contributed by atoms with Crippen LogP contribution < -0.4 is 14.8 Å². The van der Waals surface area contributed by atoms with Gasteiger partial charge in [-0.05, 0) is 42.7 Å². The summed E-state index contributed by atoms with van der Waals surface area (Å²) < 4.78 is 15.7. The van der Waals surface area contributed by atoms with E-state index >= 15 is 0 Å². The number of amides is 1. The molecule has 0 spiro atoms. The van der Waals surface area contributed by atoms with Crippen molar-refractivity contribution in [2.45, 2.75) is 32.8 Å². The van der Waals surface area contributed by atoms with Gasteiger partial charge in [0, 0.05) is 5.69 Å². The first-order chi connectivity index (χ1) is 12.9. The summed E-state index contributed by atoms with van der Waals surface area (Å²) in [6, 6.07) is 12.4. The van der Waals surface area contributed by atoms with E-state index in [1.165, 1.54) is 26.7 Å². The molecule has 144 valence electrons. The van der Waals surface area contributed by atoms with Crippen LogP contribution in [0.4, 0.5) is 5.69 Å². The second-order valence-corrected chi connectivity index (χ2v) is 6.35. The average molecular weight is 371 g/mol. The molecule has 6 heteroatoms. The normalized spacial score (nSPS) is 11.6. The highest BCUT2D eigenvalue weighted by Gasteiger charge is 2.23. The van der Waals surface area contributed by atoms with Crippen LogP contribution in [0.2, 0.25) is 0 Å². The number of hydrogen-bond acceptors (Lipinski definition) is 5. The van der Waals surface area contributed by atoms with Gasteiger partial charge in [0.1, 0.15) is 5.56 Å². The molecule has 1 N–H and O–H groups in total. The molecule has 2 aromatic rings. The fraction of sp³-hybridized carbons (Fsp3) is 0.333. The highest BCUT2D eigenvalue weighted by atomic mass is 16.6. The Kier molecular flexibility index (Phi) is 6.82. The van der Waals surface area contributed by atoms with Crippen molar-refractivity contribution in [1.82, 2.24) is 0 Å². The minimum atomic E-state index is -0.974. The first-order valence-corrected chi connectivity index (χ1v) is 8.70. The highest BCUT2D eigenvalue weighted by molar-refractivity contribution is 5.98. The zero-order chi connectivity index (χ0) is 20.0. The van der Waals surface area contributed by atoms with Gasteiger partial charge >= 0.3 is 5.97 Å². The number of ether oxygens (including phenoxy) is 3. The van der Waals surface area contributed by atoms with Crippen LogP contribution in [0.5, 0.6) is 11.5 Å². The summed E-state index contributed by atoms with van der Waals surface area (Å²) >= 11 is 0. The number of rotatable bonds is 7. The topological polar surface area (TPSA) is 73.9 Å². The Hall–Kier alpha value is -3.02. The Morgan fingerprint density at radius 3 is 2.15 bits per heavy atom. The summed E-state index contributed by atoms with van der Waals surface area (Å²) in [5.41, 5.74) is 2.02. The lowest BCUT2D eigenvalue weighted by Gasteiger charge is -2.16. The molecule has 0 radical (unpaired) electrons. The molecule has 1 amide bonds. The van der Waals surface area contributed by atoms with Crippen LogP contribution in [0, 0.1) is 0 Å². The van der Waals surface area contributed by atoms with E-state index < -0.39 is 18.0 Å². The Bertz CT molecular complexity index is 799. The van der Waals surface area contributed by atoms with Crippen molar-refractivity contribution in [3.05, 3.63) is 53.6 Å². The quantitative estimate of drug-likeness (QED) is 0.745. The van der Waals surface area contributed by atoms with Crippen LogP contribution in [0.3, 0.4) is 0 Å². The third-order valence-electron chi connectivity index (χ3n) is 4.12. The van der Waals surface area contributed by atoms with Gasteiger partial charge in [-0.3, -0.25) is 4.79 Å². The highest BCUT2D eigenvalue weighted by Crippen LogP contribution is 2.31. The second-order valence-electron chi connectivity index (χ2n) is 6.35. The molecule has 6 nitrogen and oxygen atoms in total. The number of nitrogens with one attached hydrogen (secondary N) is 1. The average Bonchev–Trinajstić information content (AvgIpc) is 2.67. The second kappa shape index (κ2) is 9.07. The zero-order valence-electron chi connectivity index (χ0n) is 16.2. The maximum Gasteiger partial charge on any atom is 0.342 e. The minimum absolute atomic E-state index is 0.192. The maximum atomic E-state index is 12.4. The molecule has 0 aromatic heterocycles. The number of para-hydroxylation sites is 1. The SMILES string of the molecule is COc1cccc(C(=O)O[C@H](C)C(=O)Nc2ccc(C(C)C)cc2)c1OC. The molecule has 0 bridgehead atoms. The predicted octanol–water partition coefficient (Wildman–Crippen LogP) is 4.01. The van der Waals surface area contributed by atoms with Crippen LogP contribution in [-0.2, 0) is 9.53 Å². The summed E-state index contributed by atoms with van der Waals surface area (Å²) in [6.45, 7) is 5.71. The van der Waals surface area contributed by atoms with Crippen LogP contribution in [0.15, 0.2) is 42.5 Å². The number of benzene rings is 2. The number of anilines is 1. The van der Waals surface area contributed by atoms with Crippen LogP contribution >= 0.6 is 0 Å². The van der Waals surface area contributed by atoms with Crippen LogP contribution in [-0.4, -0.2) is 32.2 Å². The van der Waals surface area contributed by atoms with Gasteiger partial charge in [0.25, 0.3) is 5.91 Å². The van der Waals surface area contributed by atoms with Gasteiger partial charge in [0.05, 0.1) is 14.2 Å². The number of hydrogen-bond donors (Lipinski definition) is 1. The zero-order valence-corrected chi connectivity index (χ0v) is 16.2. The van der Waals surface area contributed by atoms with Crippen molar-refractivity contribution in [3.63, 3.8) is 0 Å². The molecule has 2 aromatic carbocycles. The van der Waals surface area contributed by atoms with E-state index in [0.717, 1.165) is 0 Å². The molecule has 0 aliphatic heterocycles. The standard InChI is InChI=1S/C21H25NO5/c1-13(2)15-9-11-16(12-10-15)22-20(23)14(3)27-21(24)17-7-6-8-18(25-4)19(17)26-5/h6-14H,1-5H3,(H,22,23)/t14-/m1/s1. The molecule has 0 aliphatic carbocycles. The molecule has 0 aliphatic rings. The summed E-state index contributed by atoms with van der Waals surface area (Å²) in [5, 5.41) is 2.74. The number of carbonyl (C=O) groups is 2. The molecule has 27 heavy (non-hydrogen) atoms. The first kappa shape index (κ1) is 20.3. The van der Waals surface area contributed by atoms with Crippen molar-refractivity contribution >= 4 is 17.6 Å². The van der Waals surface area contributed by atoms with Crippen molar-refractivity contribution < 1.29 is 23.8 Å². The minimum Gasteiger partial charge on any atom is -0.493 e. The van der Waals surface area contributed by atoms with Crippen molar-refractivity contribution in [2.75, 3.05) is 19.5 Å². The molecule has 2 rings (SSSR count). The Balaban J connectivity index is 2.04. The van der Waals surface area contributed by atoms with Crippen LogP contribution in [0.1, 0.15) is 42.6 Å². The molecule has 0 saturated carbocycles. The third kappa shape index (κ3) is 5.00. The molecule has 0 unspecified atom stereocenters. The van der Waals surface area contributed by atoms with E-state index in [0.29, 0.717) is 17.4 Å². The van der Waals surface area contributed by atoms with Crippen molar-refractivity contribution in [2.24, 2.45) is 0 Å². The monoisotopic (exact) mass is 371 g/mol. The Labute approximate surface area is 159 Å². The van der Waals surface area contributed by atoms with Gasteiger partial charge in [-0.15, -0.1) is 0 Å². The van der Waals surface area contributed by atoms with E-state index in [9.17, 15) is 9.59 Å². The summed E-state index contributed by atoms with van der Waals surface area (Å²) in [4.78, 5) is 24.8. The summed E-state index contributed by atoms with van der Waals surface area (Å²) in [5.74, 6) is 0.00900. The lowest BCUT2D eigenvalue weighted by molar-refractivity contribution is -0.123.